The van der Waals surface area contributed by atoms with E-state index in [1.165, 1.54) is 6.07 Å². The fourth-order valence-electron chi connectivity index (χ4n) is 2.39. The number of aryl methyl sites for hydroxylation is 2. The number of hydrogen-bond acceptors (Lipinski definition) is 2. The number of benzene rings is 1. The Labute approximate surface area is 127 Å². The van der Waals surface area contributed by atoms with Crippen molar-refractivity contribution in [2.24, 2.45) is 0 Å². The Balaban J connectivity index is 2.56. The van der Waals surface area contributed by atoms with Crippen LogP contribution in [-0.2, 0) is 6.54 Å². The van der Waals surface area contributed by atoms with Crippen LogP contribution in [0.3, 0.4) is 0 Å². The summed E-state index contributed by atoms with van der Waals surface area (Å²) in [5, 5.41) is 7.78. The van der Waals surface area contributed by atoms with Crippen molar-refractivity contribution >= 4 is 15.9 Å². The molecule has 0 aliphatic rings. The Bertz CT molecular complexity index is 595. The van der Waals surface area contributed by atoms with Gasteiger partial charge in [0.25, 0.3) is 0 Å². The molecular weight excluding hydrogens is 321 g/mol. The third-order valence-electron chi connectivity index (χ3n) is 3.37. The monoisotopic (exact) mass is 339 g/mol. The van der Waals surface area contributed by atoms with Crippen molar-refractivity contribution in [3.05, 3.63) is 51.5 Å². The topological polar surface area (TPSA) is 29.9 Å². The summed E-state index contributed by atoms with van der Waals surface area (Å²) < 4.78 is 16.5. The average molecular weight is 340 g/mol. The number of nitrogens with zero attached hydrogens (tertiary/aromatic N) is 2. The number of hydrogen-bond donors (Lipinski definition) is 1. The second-order valence-corrected chi connectivity index (χ2v) is 5.54. The van der Waals surface area contributed by atoms with Gasteiger partial charge in [-0.2, -0.15) is 5.10 Å². The molecule has 2 rings (SSSR count). The molecule has 0 bridgehead atoms. The molecule has 20 heavy (non-hydrogen) atoms. The summed E-state index contributed by atoms with van der Waals surface area (Å²) >= 11 is 3.55. The van der Waals surface area contributed by atoms with Crippen LogP contribution in [-0.4, -0.2) is 16.3 Å². The molecule has 0 saturated heterocycles. The van der Waals surface area contributed by atoms with Crippen molar-refractivity contribution < 1.29 is 4.39 Å². The molecule has 5 heteroatoms. The van der Waals surface area contributed by atoms with Crippen molar-refractivity contribution in [3.63, 3.8) is 0 Å². The van der Waals surface area contributed by atoms with Gasteiger partial charge in [0.05, 0.1) is 22.4 Å². The number of halogens is 2. The maximum absolute atomic E-state index is 13.6. The molecule has 1 aromatic carbocycles. The largest absolute Gasteiger partial charge is 0.305 e. The molecule has 0 aliphatic carbocycles. The van der Waals surface area contributed by atoms with Crippen molar-refractivity contribution in [2.75, 3.05) is 6.54 Å². The Morgan fingerprint density at radius 1 is 1.40 bits per heavy atom. The molecule has 0 aliphatic heterocycles. The van der Waals surface area contributed by atoms with Crippen molar-refractivity contribution in [1.29, 1.82) is 0 Å². The first-order chi connectivity index (χ1) is 9.58. The molecule has 1 atom stereocenters. The molecule has 1 heterocycles. The standard InChI is InChI=1S/C15H19BrFN3/c1-4-18-14(12-8-11(17)7-6-10(12)3)15-13(16)9-19-20(15)5-2/h6-9,14,18H,4-5H2,1-3H3. The fraction of sp³-hybridized carbons (Fsp3) is 0.400. The van der Waals surface area contributed by atoms with Gasteiger partial charge in [-0.1, -0.05) is 13.0 Å². The number of rotatable bonds is 5. The highest BCUT2D eigenvalue weighted by Crippen LogP contribution is 2.30. The van der Waals surface area contributed by atoms with E-state index in [9.17, 15) is 4.39 Å². The van der Waals surface area contributed by atoms with E-state index in [0.717, 1.165) is 34.4 Å². The zero-order valence-electron chi connectivity index (χ0n) is 12.0. The predicted molar refractivity (Wildman–Crippen MR) is 82.3 cm³/mol. The van der Waals surface area contributed by atoms with E-state index in [2.05, 4.69) is 26.3 Å². The maximum atomic E-state index is 13.6. The predicted octanol–water partition coefficient (Wildman–Crippen LogP) is 3.81. The molecular formula is C15H19BrFN3. The summed E-state index contributed by atoms with van der Waals surface area (Å²) in [5.41, 5.74) is 3.04. The minimum Gasteiger partial charge on any atom is -0.305 e. The van der Waals surface area contributed by atoms with Gasteiger partial charge in [-0.05, 0) is 59.6 Å². The molecule has 0 spiro atoms. The SMILES string of the molecule is CCNC(c1cc(F)ccc1C)c1c(Br)cnn1CC. The second kappa shape index (κ2) is 6.50. The molecule has 0 amide bonds. The average Bonchev–Trinajstić information content (AvgIpc) is 2.80. The fourth-order valence-corrected chi connectivity index (χ4v) is 2.92. The molecule has 0 radical (unpaired) electrons. The first-order valence-corrected chi connectivity index (χ1v) is 7.58. The minimum absolute atomic E-state index is 0.0764. The van der Waals surface area contributed by atoms with Crippen LogP contribution in [0.1, 0.15) is 36.7 Å². The van der Waals surface area contributed by atoms with Crippen LogP contribution >= 0.6 is 15.9 Å². The van der Waals surface area contributed by atoms with E-state index in [1.807, 2.05) is 31.5 Å². The lowest BCUT2D eigenvalue weighted by Gasteiger charge is -2.22. The van der Waals surface area contributed by atoms with Crippen LogP contribution in [0, 0.1) is 12.7 Å². The lowest BCUT2D eigenvalue weighted by Crippen LogP contribution is -2.26. The molecule has 1 aromatic heterocycles. The molecule has 0 fully saturated rings. The molecule has 1 N–H and O–H groups in total. The van der Waals surface area contributed by atoms with Gasteiger partial charge in [0.15, 0.2) is 0 Å². The van der Waals surface area contributed by atoms with Gasteiger partial charge < -0.3 is 5.32 Å². The third kappa shape index (κ3) is 2.94. The lowest BCUT2D eigenvalue weighted by atomic mass is 9.98. The van der Waals surface area contributed by atoms with Gasteiger partial charge in [-0.3, -0.25) is 4.68 Å². The normalized spacial score (nSPS) is 12.7. The van der Waals surface area contributed by atoms with Gasteiger partial charge in [-0.25, -0.2) is 4.39 Å². The van der Waals surface area contributed by atoms with E-state index in [-0.39, 0.29) is 11.9 Å². The smallest absolute Gasteiger partial charge is 0.123 e. The third-order valence-corrected chi connectivity index (χ3v) is 3.98. The molecule has 2 aromatic rings. The van der Waals surface area contributed by atoms with Crippen LogP contribution in [0.15, 0.2) is 28.9 Å². The second-order valence-electron chi connectivity index (χ2n) is 4.69. The van der Waals surface area contributed by atoms with E-state index >= 15 is 0 Å². The van der Waals surface area contributed by atoms with Crippen molar-refractivity contribution in [3.8, 4) is 0 Å². The highest BCUT2D eigenvalue weighted by Gasteiger charge is 2.22. The van der Waals surface area contributed by atoms with E-state index < -0.39 is 0 Å². The van der Waals surface area contributed by atoms with Crippen LogP contribution in [0.4, 0.5) is 4.39 Å². The van der Waals surface area contributed by atoms with Crippen molar-refractivity contribution in [1.82, 2.24) is 15.1 Å². The van der Waals surface area contributed by atoms with E-state index in [1.54, 1.807) is 12.3 Å². The van der Waals surface area contributed by atoms with E-state index in [4.69, 9.17) is 0 Å². The number of nitrogens with one attached hydrogen (secondary N) is 1. The van der Waals surface area contributed by atoms with Crippen LogP contribution < -0.4 is 5.32 Å². The summed E-state index contributed by atoms with van der Waals surface area (Å²) in [4.78, 5) is 0. The van der Waals surface area contributed by atoms with Gasteiger partial charge in [-0.15, -0.1) is 0 Å². The quantitative estimate of drug-likeness (QED) is 0.897. The first-order valence-electron chi connectivity index (χ1n) is 6.79. The zero-order chi connectivity index (χ0) is 14.7. The Hall–Kier alpha value is -1.20. The Morgan fingerprint density at radius 2 is 2.15 bits per heavy atom. The van der Waals surface area contributed by atoms with Crippen LogP contribution in [0.2, 0.25) is 0 Å². The van der Waals surface area contributed by atoms with Crippen LogP contribution in [0.5, 0.6) is 0 Å². The van der Waals surface area contributed by atoms with Gasteiger partial charge in [0.1, 0.15) is 5.82 Å². The molecule has 1 unspecified atom stereocenters. The molecule has 0 saturated carbocycles. The van der Waals surface area contributed by atoms with Crippen LogP contribution in [0.25, 0.3) is 0 Å². The summed E-state index contributed by atoms with van der Waals surface area (Å²) in [6.45, 7) is 7.66. The van der Waals surface area contributed by atoms with Crippen molar-refractivity contribution in [2.45, 2.75) is 33.4 Å². The number of aromatic nitrogens is 2. The maximum Gasteiger partial charge on any atom is 0.123 e. The van der Waals surface area contributed by atoms with Gasteiger partial charge in [0, 0.05) is 6.54 Å². The van der Waals surface area contributed by atoms with Gasteiger partial charge >= 0.3 is 0 Å². The zero-order valence-corrected chi connectivity index (χ0v) is 13.5. The summed E-state index contributed by atoms with van der Waals surface area (Å²) in [7, 11) is 0. The Kier molecular flexibility index (Phi) is 4.94. The highest BCUT2D eigenvalue weighted by molar-refractivity contribution is 9.10. The van der Waals surface area contributed by atoms with Gasteiger partial charge in [0.2, 0.25) is 0 Å². The summed E-state index contributed by atoms with van der Waals surface area (Å²) in [5.74, 6) is -0.216. The summed E-state index contributed by atoms with van der Waals surface area (Å²) in [6, 6.07) is 4.83. The molecule has 108 valence electrons. The lowest BCUT2D eigenvalue weighted by molar-refractivity contribution is 0.535. The Morgan fingerprint density at radius 3 is 2.80 bits per heavy atom. The first kappa shape index (κ1) is 15.2. The highest BCUT2D eigenvalue weighted by atomic mass is 79.9. The molecule has 3 nitrogen and oxygen atoms in total. The summed E-state index contributed by atoms with van der Waals surface area (Å²) in [6.07, 6.45) is 1.79. The minimum atomic E-state index is -0.216. The van der Waals surface area contributed by atoms with E-state index in [0.29, 0.717) is 0 Å².